The van der Waals surface area contributed by atoms with Gasteiger partial charge in [-0.15, -0.1) is 0 Å². The summed E-state index contributed by atoms with van der Waals surface area (Å²) in [6, 6.07) is 4.55. The Morgan fingerprint density at radius 2 is 2.21 bits per heavy atom. The lowest BCUT2D eigenvalue weighted by molar-refractivity contribution is -0.142. The van der Waals surface area contributed by atoms with Gasteiger partial charge in [-0.1, -0.05) is 6.07 Å². The van der Waals surface area contributed by atoms with E-state index in [4.69, 9.17) is 9.84 Å². The summed E-state index contributed by atoms with van der Waals surface area (Å²) in [6.07, 6.45) is 0. The van der Waals surface area contributed by atoms with Crippen molar-refractivity contribution in [2.75, 3.05) is 20.3 Å². The molecule has 1 aliphatic heterocycles. The summed E-state index contributed by atoms with van der Waals surface area (Å²) in [6.45, 7) is 0.358. The number of carbonyl (C=O) groups is 2. The van der Waals surface area contributed by atoms with Crippen molar-refractivity contribution < 1.29 is 19.4 Å². The number of amides is 1. The van der Waals surface area contributed by atoms with Crippen LogP contribution in [0.3, 0.4) is 0 Å². The molecule has 0 aliphatic carbocycles. The highest BCUT2D eigenvalue weighted by atomic mass is 79.9. The summed E-state index contributed by atoms with van der Waals surface area (Å²) in [7, 11) is 1.57. The molecule has 102 valence electrons. The molecular formula is C12H13BrN2O4. The second kappa shape index (κ2) is 5.66. The second-order valence-electron chi connectivity index (χ2n) is 4.31. The molecule has 19 heavy (non-hydrogen) atoms. The summed E-state index contributed by atoms with van der Waals surface area (Å²) in [4.78, 5) is 28.8. The predicted octanol–water partition coefficient (Wildman–Crippen LogP) is 1.02. The topological polar surface area (TPSA) is 79.7 Å². The van der Waals surface area contributed by atoms with E-state index in [0.29, 0.717) is 4.60 Å². The molecule has 0 radical (unpaired) electrons. The fourth-order valence-electron chi connectivity index (χ4n) is 2.02. The van der Waals surface area contributed by atoms with Crippen molar-refractivity contribution in [2.24, 2.45) is 5.92 Å². The number of likely N-dealkylation sites (N-methyl/N-ethyl adjacent to an activating group) is 1. The van der Waals surface area contributed by atoms with Crippen molar-refractivity contribution in [1.29, 1.82) is 0 Å². The smallest absolute Gasteiger partial charge is 0.311 e. The Hall–Kier alpha value is -1.47. The van der Waals surface area contributed by atoms with Crippen LogP contribution in [0.5, 0.6) is 0 Å². The van der Waals surface area contributed by atoms with Crippen LogP contribution in [0.1, 0.15) is 10.5 Å². The lowest BCUT2D eigenvalue weighted by Gasteiger charge is -2.26. The lowest BCUT2D eigenvalue weighted by Crippen LogP contribution is -2.44. The monoisotopic (exact) mass is 328 g/mol. The Morgan fingerprint density at radius 3 is 2.84 bits per heavy atom. The number of halogens is 1. The third kappa shape index (κ3) is 2.93. The molecule has 1 fully saturated rings. The van der Waals surface area contributed by atoms with Crippen LogP contribution >= 0.6 is 15.9 Å². The maximum Gasteiger partial charge on any atom is 0.311 e. The van der Waals surface area contributed by atoms with E-state index in [2.05, 4.69) is 20.9 Å². The van der Waals surface area contributed by atoms with Crippen molar-refractivity contribution in [3.63, 3.8) is 0 Å². The van der Waals surface area contributed by atoms with Crippen molar-refractivity contribution >= 4 is 27.8 Å². The minimum atomic E-state index is -0.954. The van der Waals surface area contributed by atoms with Gasteiger partial charge >= 0.3 is 5.97 Å². The number of rotatable bonds is 3. The fourth-order valence-corrected chi connectivity index (χ4v) is 2.36. The first kappa shape index (κ1) is 14.0. The Bertz CT molecular complexity index is 508. The maximum atomic E-state index is 12.2. The van der Waals surface area contributed by atoms with Crippen LogP contribution in [-0.4, -0.2) is 53.2 Å². The lowest BCUT2D eigenvalue weighted by atomic mass is 10.0. The largest absolute Gasteiger partial charge is 0.481 e. The number of carbonyl (C=O) groups excluding carboxylic acids is 1. The maximum absolute atomic E-state index is 12.2. The van der Waals surface area contributed by atoms with Gasteiger partial charge in [0.05, 0.1) is 19.3 Å². The highest BCUT2D eigenvalue weighted by molar-refractivity contribution is 9.10. The minimum absolute atomic E-state index is 0.129. The molecule has 6 nitrogen and oxygen atoms in total. The van der Waals surface area contributed by atoms with Gasteiger partial charge in [-0.3, -0.25) is 9.59 Å². The third-order valence-electron chi connectivity index (χ3n) is 3.12. The van der Waals surface area contributed by atoms with Crippen LogP contribution < -0.4 is 0 Å². The van der Waals surface area contributed by atoms with Crippen LogP contribution in [0, 0.1) is 5.92 Å². The van der Waals surface area contributed by atoms with Gasteiger partial charge in [0.2, 0.25) is 0 Å². The Balaban J connectivity index is 2.17. The summed E-state index contributed by atoms with van der Waals surface area (Å²) < 4.78 is 5.72. The Kier molecular flexibility index (Phi) is 4.16. The number of hydrogen-bond acceptors (Lipinski definition) is 4. The van der Waals surface area contributed by atoms with E-state index in [9.17, 15) is 9.59 Å². The molecule has 1 aromatic rings. The van der Waals surface area contributed by atoms with E-state index < -0.39 is 17.9 Å². The number of nitrogens with zero attached hydrogens (tertiary/aromatic N) is 2. The van der Waals surface area contributed by atoms with Crippen molar-refractivity contribution in [3.8, 4) is 0 Å². The van der Waals surface area contributed by atoms with Crippen molar-refractivity contribution in [1.82, 2.24) is 9.88 Å². The molecule has 0 saturated carbocycles. The fraction of sp³-hybridized carbons (Fsp3) is 0.417. The van der Waals surface area contributed by atoms with Crippen LogP contribution in [0.2, 0.25) is 0 Å². The molecule has 1 saturated heterocycles. The van der Waals surface area contributed by atoms with Gasteiger partial charge in [0.15, 0.2) is 0 Å². The van der Waals surface area contributed by atoms with Gasteiger partial charge in [-0.2, -0.15) is 0 Å². The number of carboxylic acid groups (broad SMARTS) is 1. The summed E-state index contributed by atoms with van der Waals surface area (Å²) in [5.74, 6) is -1.96. The molecular weight excluding hydrogens is 316 g/mol. The predicted molar refractivity (Wildman–Crippen MR) is 69.8 cm³/mol. The molecule has 0 aromatic carbocycles. The number of pyridine rings is 1. The van der Waals surface area contributed by atoms with Gasteiger partial charge in [0.25, 0.3) is 5.91 Å². The molecule has 2 atom stereocenters. The van der Waals surface area contributed by atoms with E-state index in [1.54, 1.807) is 25.2 Å². The first-order valence-electron chi connectivity index (χ1n) is 5.71. The minimum Gasteiger partial charge on any atom is -0.481 e. The summed E-state index contributed by atoms with van der Waals surface area (Å²) in [5.41, 5.74) is 0.271. The van der Waals surface area contributed by atoms with Gasteiger partial charge in [0, 0.05) is 7.05 Å². The van der Waals surface area contributed by atoms with Gasteiger partial charge in [-0.25, -0.2) is 4.98 Å². The zero-order chi connectivity index (χ0) is 14.0. The Labute approximate surface area is 118 Å². The highest BCUT2D eigenvalue weighted by Gasteiger charge is 2.38. The molecule has 2 rings (SSSR count). The third-order valence-corrected chi connectivity index (χ3v) is 3.56. The average Bonchev–Trinajstić information content (AvgIpc) is 2.86. The first-order chi connectivity index (χ1) is 9.00. The molecule has 0 spiro atoms. The van der Waals surface area contributed by atoms with Crippen LogP contribution in [0.4, 0.5) is 0 Å². The number of ether oxygens (including phenoxy) is 1. The standard InChI is InChI=1S/C12H13BrN2O4/c1-15(9-6-19-5-7(9)12(17)18)11(16)8-3-2-4-10(13)14-8/h2-4,7,9H,5-6H2,1H3,(H,17,18). The normalized spacial score (nSPS) is 22.2. The second-order valence-corrected chi connectivity index (χ2v) is 5.12. The average molecular weight is 329 g/mol. The molecule has 7 heteroatoms. The van der Waals surface area contributed by atoms with Gasteiger partial charge in [0.1, 0.15) is 16.2 Å². The number of carboxylic acids is 1. The zero-order valence-electron chi connectivity index (χ0n) is 10.2. The van der Waals surface area contributed by atoms with Crippen LogP contribution in [0.15, 0.2) is 22.8 Å². The molecule has 2 unspecified atom stereocenters. The summed E-state index contributed by atoms with van der Waals surface area (Å²) >= 11 is 3.20. The molecule has 2 heterocycles. The van der Waals surface area contributed by atoms with Crippen molar-refractivity contribution in [3.05, 3.63) is 28.5 Å². The molecule has 0 bridgehead atoms. The highest BCUT2D eigenvalue weighted by Crippen LogP contribution is 2.20. The number of aromatic nitrogens is 1. The van der Waals surface area contributed by atoms with E-state index >= 15 is 0 Å². The quantitative estimate of drug-likeness (QED) is 0.838. The molecule has 1 aliphatic rings. The first-order valence-corrected chi connectivity index (χ1v) is 6.50. The SMILES string of the molecule is CN(C(=O)c1cccc(Br)n1)C1COCC1C(=O)O. The van der Waals surface area contributed by atoms with Crippen LogP contribution in [-0.2, 0) is 9.53 Å². The number of aliphatic carboxylic acids is 1. The molecule has 1 aromatic heterocycles. The number of hydrogen-bond donors (Lipinski definition) is 1. The molecule has 1 N–H and O–H groups in total. The van der Waals surface area contributed by atoms with E-state index in [1.807, 2.05) is 0 Å². The zero-order valence-corrected chi connectivity index (χ0v) is 11.8. The molecule has 1 amide bonds. The Morgan fingerprint density at radius 1 is 1.47 bits per heavy atom. The van der Waals surface area contributed by atoms with Gasteiger partial charge in [-0.05, 0) is 28.1 Å². The van der Waals surface area contributed by atoms with Crippen molar-refractivity contribution in [2.45, 2.75) is 6.04 Å². The van der Waals surface area contributed by atoms with Crippen LogP contribution in [0.25, 0.3) is 0 Å². The summed E-state index contributed by atoms with van der Waals surface area (Å²) in [5, 5.41) is 9.09. The van der Waals surface area contributed by atoms with E-state index in [0.717, 1.165) is 0 Å². The van der Waals surface area contributed by atoms with Gasteiger partial charge < -0.3 is 14.7 Å². The van der Waals surface area contributed by atoms with E-state index in [1.165, 1.54) is 4.90 Å². The van der Waals surface area contributed by atoms with E-state index in [-0.39, 0.29) is 24.8 Å².